The largest absolute Gasteiger partial charge is 0.485 e. The Bertz CT molecular complexity index is 1060. The van der Waals surface area contributed by atoms with Gasteiger partial charge in [0.05, 0.1) is 0 Å². The Hall–Kier alpha value is -3.00. The number of hydrogen-bond acceptors (Lipinski definition) is 6. The number of fused-ring (bicyclic) bond motifs is 2. The Balaban J connectivity index is 1.51. The standard InChI is InChI=1S/C17H11FN4O2S/c18-11-7-5-10(6-8-11)15-19-20-17-22(15)21-16(25-17)14-9-23-12-3-1-2-4-13(12)24-14/h1-8,14H,9H2/t14-/m1/s1. The van der Waals surface area contributed by atoms with Crippen molar-refractivity contribution in [2.75, 3.05) is 6.61 Å². The highest BCUT2D eigenvalue weighted by Crippen LogP contribution is 2.37. The molecule has 0 fully saturated rings. The average Bonchev–Trinajstić information content (AvgIpc) is 3.23. The van der Waals surface area contributed by atoms with Gasteiger partial charge in [-0.2, -0.15) is 9.61 Å². The van der Waals surface area contributed by atoms with Crippen LogP contribution in [0.4, 0.5) is 4.39 Å². The number of benzene rings is 2. The first kappa shape index (κ1) is 14.4. The molecule has 2 aromatic carbocycles. The fourth-order valence-electron chi connectivity index (χ4n) is 2.68. The summed E-state index contributed by atoms with van der Waals surface area (Å²) >= 11 is 1.40. The zero-order chi connectivity index (χ0) is 16.8. The van der Waals surface area contributed by atoms with Gasteiger partial charge in [0.2, 0.25) is 4.96 Å². The highest BCUT2D eigenvalue weighted by atomic mass is 32.1. The predicted molar refractivity (Wildman–Crippen MR) is 89.4 cm³/mol. The van der Waals surface area contributed by atoms with Crippen molar-refractivity contribution in [2.45, 2.75) is 6.10 Å². The second-order valence-corrected chi connectivity index (χ2v) is 6.52. The highest BCUT2D eigenvalue weighted by Gasteiger charge is 2.27. The van der Waals surface area contributed by atoms with Crippen LogP contribution in [0, 0.1) is 5.82 Å². The highest BCUT2D eigenvalue weighted by molar-refractivity contribution is 7.16. The van der Waals surface area contributed by atoms with E-state index >= 15 is 0 Å². The van der Waals surface area contributed by atoms with Gasteiger partial charge in [-0.3, -0.25) is 0 Å². The molecule has 0 N–H and O–H groups in total. The lowest BCUT2D eigenvalue weighted by molar-refractivity contribution is 0.0904. The molecule has 4 aromatic rings. The van der Waals surface area contributed by atoms with Crippen LogP contribution in [0.25, 0.3) is 16.3 Å². The molecule has 1 aliphatic heterocycles. The van der Waals surface area contributed by atoms with Crippen molar-refractivity contribution in [3.05, 3.63) is 59.4 Å². The maximum absolute atomic E-state index is 13.1. The minimum Gasteiger partial charge on any atom is -0.485 e. The summed E-state index contributed by atoms with van der Waals surface area (Å²) in [6.45, 7) is 0.382. The Morgan fingerprint density at radius 1 is 1.04 bits per heavy atom. The monoisotopic (exact) mass is 354 g/mol. The van der Waals surface area contributed by atoms with E-state index in [9.17, 15) is 4.39 Å². The van der Waals surface area contributed by atoms with Crippen molar-refractivity contribution < 1.29 is 13.9 Å². The lowest BCUT2D eigenvalue weighted by Gasteiger charge is -2.24. The molecule has 0 saturated carbocycles. The van der Waals surface area contributed by atoms with Gasteiger partial charge < -0.3 is 9.47 Å². The molecule has 5 rings (SSSR count). The number of aromatic nitrogens is 4. The van der Waals surface area contributed by atoms with Gasteiger partial charge >= 0.3 is 0 Å². The first-order chi connectivity index (χ1) is 12.3. The molecule has 0 aliphatic carbocycles. The molecule has 0 spiro atoms. The van der Waals surface area contributed by atoms with E-state index in [1.165, 1.54) is 23.5 Å². The topological polar surface area (TPSA) is 61.5 Å². The van der Waals surface area contributed by atoms with Crippen LogP contribution >= 0.6 is 11.3 Å². The summed E-state index contributed by atoms with van der Waals surface area (Å²) in [5.74, 6) is 1.70. The quantitative estimate of drug-likeness (QED) is 0.551. The van der Waals surface area contributed by atoms with E-state index in [0.717, 1.165) is 16.3 Å². The van der Waals surface area contributed by atoms with Crippen LogP contribution in [0.1, 0.15) is 11.1 Å². The van der Waals surface area contributed by atoms with Crippen LogP contribution in [0.3, 0.4) is 0 Å². The average molecular weight is 354 g/mol. The minimum atomic E-state index is -0.303. The number of nitrogens with zero attached hydrogens (tertiary/aromatic N) is 4. The third-order valence-electron chi connectivity index (χ3n) is 3.89. The van der Waals surface area contributed by atoms with Crippen molar-refractivity contribution >= 4 is 16.3 Å². The molecule has 0 amide bonds. The van der Waals surface area contributed by atoms with Crippen LogP contribution in [-0.2, 0) is 0 Å². The van der Waals surface area contributed by atoms with Crippen LogP contribution < -0.4 is 9.47 Å². The normalized spacial score (nSPS) is 16.3. The van der Waals surface area contributed by atoms with Gasteiger partial charge in [-0.25, -0.2) is 4.39 Å². The molecule has 0 saturated heterocycles. The zero-order valence-corrected chi connectivity index (χ0v) is 13.6. The van der Waals surface area contributed by atoms with Gasteiger partial charge in [0, 0.05) is 5.56 Å². The SMILES string of the molecule is Fc1ccc(-c2nnc3sc([C@H]4COc5ccccc5O4)nn23)cc1. The molecular weight excluding hydrogens is 343 g/mol. The first-order valence-corrected chi connectivity index (χ1v) is 8.46. The maximum Gasteiger partial charge on any atom is 0.235 e. The molecule has 0 unspecified atom stereocenters. The third-order valence-corrected chi connectivity index (χ3v) is 4.88. The molecule has 2 aromatic heterocycles. The molecule has 25 heavy (non-hydrogen) atoms. The van der Waals surface area contributed by atoms with Gasteiger partial charge in [-0.15, -0.1) is 10.2 Å². The van der Waals surface area contributed by atoms with E-state index < -0.39 is 0 Å². The van der Waals surface area contributed by atoms with Gasteiger partial charge in [0.15, 0.2) is 28.4 Å². The van der Waals surface area contributed by atoms with Crippen LogP contribution in [0.2, 0.25) is 0 Å². The van der Waals surface area contributed by atoms with Crippen molar-refractivity contribution in [2.24, 2.45) is 0 Å². The Labute approximate surface area is 145 Å². The molecule has 1 aliphatic rings. The third kappa shape index (κ3) is 2.42. The summed E-state index contributed by atoms with van der Waals surface area (Å²) in [4.78, 5) is 0.650. The molecule has 1 atom stereocenters. The summed E-state index contributed by atoms with van der Waals surface area (Å²) in [6, 6.07) is 13.6. The van der Waals surface area contributed by atoms with E-state index in [2.05, 4.69) is 15.3 Å². The first-order valence-electron chi connectivity index (χ1n) is 7.64. The Morgan fingerprint density at radius 2 is 1.84 bits per heavy atom. The van der Waals surface area contributed by atoms with Gasteiger partial charge in [-0.05, 0) is 36.4 Å². The van der Waals surface area contributed by atoms with Crippen molar-refractivity contribution in [3.8, 4) is 22.9 Å². The van der Waals surface area contributed by atoms with E-state index in [-0.39, 0.29) is 11.9 Å². The van der Waals surface area contributed by atoms with Crippen LogP contribution in [0.15, 0.2) is 48.5 Å². The van der Waals surface area contributed by atoms with Crippen molar-refractivity contribution in [3.63, 3.8) is 0 Å². The van der Waals surface area contributed by atoms with E-state index in [4.69, 9.17) is 9.47 Å². The lowest BCUT2D eigenvalue weighted by atomic mass is 10.2. The molecule has 124 valence electrons. The molecule has 0 bridgehead atoms. The number of halogens is 1. The zero-order valence-electron chi connectivity index (χ0n) is 12.8. The summed E-state index contributed by atoms with van der Waals surface area (Å²) in [7, 11) is 0. The van der Waals surface area contributed by atoms with Gasteiger partial charge in [0.1, 0.15) is 12.4 Å². The second kappa shape index (κ2) is 5.52. The maximum atomic E-state index is 13.1. The second-order valence-electron chi connectivity index (χ2n) is 5.53. The van der Waals surface area contributed by atoms with Crippen molar-refractivity contribution in [1.82, 2.24) is 19.8 Å². The fraction of sp³-hybridized carbons (Fsp3) is 0.118. The molecule has 6 nitrogen and oxygen atoms in total. The smallest absolute Gasteiger partial charge is 0.235 e. The predicted octanol–water partition coefficient (Wildman–Crippen LogP) is 3.50. The number of rotatable bonds is 2. The molecule has 8 heteroatoms. The van der Waals surface area contributed by atoms with Crippen LogP contribution in [0.5, 0.6) is 11.5 Å². The number of ether oxygens (including phenoxy) is 2. The summed E-state index contributed by atoms with van der Waals surface area (Å²) in [5, 5.41) is 13.6. The molecule has 3 heterocycles. The molecule has 0 radical (unpaired) electrons. The lowest BCUT2D eigenvalue weighted by Crippen LogP contribution is -2.21. The number of hydrogen-bond donors (Lipinski definition) is 0. The minimum absolute atomic E-state index is 0.296. The Kier molecular flexibility index (Phi) is 3.17. The van der Waals surface area contributed by atoms with Crippen LogP contribution in [-0.4, -0.2) is 26.4 Å². The van der Waals surface area contributed by atoms with E-state index in [1.807, 2.05) is 24.3 Å². The van der Waals surface area contributed by atoms with Gasteiger partial charge in [-0.1, -0.05) is 23.5 Å². The van der Waals surface area contributed by atoms with Crippen molar-refractivity contribution in [1.29, 1.82) is 0 Å². The Morgan fingerprint density at radius 3 is 2.68 bits per heavy atom. The van der Waals surface area contributed by atoms with Gasteiger partial charge in [0.25, 0.3) is 0 Å². The summed E-state index contributed by atoms with van der Waals surface area (Å²) in [5.41, 5.74) is 0.747. The summed E-state index contributed by atoms with van der Waals surface area (Å²) in [6.07, 6.45) is -0.303. The van der Waals surface area contributed by atoms with E-state index in [0.29, 0.717) is 23.1 Å². The van der Waals surface area contributed by atoms with E-state index in [1.54, 1.807) is 16.6 Å². The fourth-order valence-corrected chi connectivity index (χ4v) is 3.53. The summed E-state index contributed by atoms with van der Waals surface area (Å²) < 4.78 is 26.5. The number of para-hydroxylation sites is 2. The molecular formula is C17H11FN4O2S.